The second kappa shape index (κ2) is 7.62. The summed E-state index contributed by atoms with van der Waals surface area (Å²) < 4.78 is 6.73. The molecule has 1 amide bonds. The molecular weight excluding hydrogens is 312 g/mol. The van der Waals surface area contributed by atoms with Crippen molar-refractivity contribution in [2.45, 2.75) is 6.42 Å². The first-order chi connectivity index (χ1) is 12.2. The van der Waals surface area contributed by atoms with Crippen molar-refractivity contribution in [3.05, 3.63) is 90.3 Å². The van der Waals surface area contributed by atoms with Gasteiger partial charge in [0, 0.05) is 0 Å². The molecule has 0 N–H and O–H groups in total. The number of nitrogens with zero attached hydrogens (tertiary/aromatic N) is 2. The minimum absolute atomic E-state index is 0.114. The van der Waals surface area contributed by atoms with Crippen LogP contribution >= 0.6 is 0 Å². The Morgan fingerprint density at radius 2 is 1.52 bits per heavy atom. The smallest absolute Gasteiger partial charge is 0.497 e. The van der Waals surface area contributed by atoms with Crippen LogP contribution in [0.2, 0.25) is 0 Å². The summed E-state index contributed by atoms with van der Waals surface area (Å²) in [4.78, 5) is 14.2. The van der Waals surface area contributed by atoms with Crippen LogP contribution in [-0.2, 0) is 6.42 Å². The molecule has 0 bridgehead atoms. The lowest BCUT2D eigenvalue weighted by Gasteiger charge is -2.10. The normalized spacial score (nSPS) is 10.3. The van der Waals surface area contributed by atoms with Crippen LogP contribution in [0.4, 0.5) is 10.5 Å². The SMILES string of the molecule is COc1ccc(N(C)C(=O)[n+]2ccc(Cc3ccccc3)cc2)cc1. The minimum Gasteiger partial charge on any atom is -0.497 e. The molecule has 4 heteroatoms. The molecule has 0 atom stereocenters. The number of anilines is 1. The third-order valence-corrected chi connectivity index (χ3v) is 4.12. The van der Waals surface area contributed by atoms with Crippen LogP contribution in [0.3, 0.4) is 0 Å². The quantitative estimate of drug-likeness (QED) is 0.683. The first-order valence-electron chi connectivity index (χ1n) is 8.13. The number of benzene rings is 2. The third-order valence-electron chi connectivity index (χ3n) is 4.12. The van der Waals surface area contributed by atoms with E-state index in [-0.39, 0.29) is 6.03 Å². The monoisotopic (exact) mass is 333 g/mol. The fraction of sp³-hybridized carbons (Fsp3) is 0.143. The molecule has 3 rings (SSSR count). The van der Waals surface area contributed by atoms with Gasteiger partial charge in [-0.25, -0.2) is 0 Å². The topological polar surface area (TPSA) is 33.4 Å². The van der Waals surface area contributed by atoms with Crippen LogP contribution in [0.15, 0.2) is 79.1 Å². The maximum atomic E-state index is 12.6. The average molecular weight is 333 g/mol. The number of methoxy groups -OCH3 is 1. The fourth-order valence-corrected chi connectivity index (χ4v) is 2.62. The molecule has 126 valence electrons. The maximum absolute atomic E-state index is 12.6. The molecule has 1 heterocycles. The summed E-state index contributed by atoms with van der Waals surface area (Å²) >= 11 is 0. The van der Waals surface area contributed by atoms with E-state index in [4.69, 9.17) is 4.74 Å². The van der Waals surface area contributed by atoms with Crippen LogP contribution in [0, 0.1) is 0 Å². The molecule has 4 nitrogen and oxygen atoms in total. The lowest BCUT2D eigenvalue weighted by Crippen LogP contribution is -2.50. The number of pyridine rings is 1. The molecule has 0 aliphatic heterocycles. The van der Waals surface area contributed by atoms with Crippen molar-refractivity contribution in [1.82, 2.24) is 0 Å². The van der Waals surface area contributed by atoms with E-state index in [2.05, 4.69) is 12.1 Å². The molecule has 0 aliphatic rings. The van der Waals surface area contributed by atoms with Crippen LogP contribution in [-0.4, -0.2) is 20.2 Å². The molecule has 0 unspecified atom stereocenters. The zero-order valence-electron chi connectivity index (χ0n) is 14.4. The number of ether oxygens (including phenoxy) is 1. The van der Waals surface area contributed by atoms with Crippen LogP contribution < -0.4 is 14.2 Å². The number of carbonyl (C=O) groups excluding carboxylic acids is 1. The van der Waals surface area contributed by atoms with Gasteiger partial charge in [0.1, 0.15) is 11.4 Å². The molecule has 0 aliphatic carbocycles. The molecule has 0 spiro atoms. The zero-order valence-corrected chi connectivity index (χ0v) is 14.4. The summed E-state index contributed by atoms with van der Waals surface area (Å²) in [7, 11) is 3.38. The molecule has 0 saturated carbocycles. The molecule has 0 radical (unpaired) electrons. The van der Waals surface area contributed by atoms with Gasteiger partial charge < -0.3 is 4.74 Å². The van der Waals surface area contributed by atoms with E-state index in [0.717, 1.165) is 17.9 Å². The fourth-order valence-electron chi connectivity index (χ4n) is 2.62. The second-order valence-corrected chi connectivity index (χ2v) is 5.82. The summed E-state index contributed by atoms with van der Waals surface area (Å²) in [6.07, 6.45) is 4.46. The molecule has 0 fully saturated rings. The number of rotatable bonds is 4. The van der Waals surface area contributed by atoms with Crippen LogP contribution in [0.5, 0.6) is 5.75 Å². The number of amides is 1. The van der Waals surface area contributed by atoms with Gasteiger partial charge in [-0.05, 0) is 53.9 Å². The Kier molecular flexibility index (Phi) is 5.09. The highest BCUT2D eigenvalue weighted by atomic mass is 16.5. The Hall–Kier alpha value is -3.14. The van der Waals surface area contributed by atoms with E-state index in [0.29, 0.717) is 0 Å². The van der Waals surface area contributed by atoms with Crippen molar-refractivity contribution in [3.63, 3.8) is 0 Å². The molecule has 1 aromatic heterocycles. The summed E-state index contributed by atoms with van der Waals surface area (Å²) in [5.41, 5.74) is 3.23. The van der Waals surface area contributed by atoms with E-state index in [1.54, 1.807) is 36.0 Å². The standard InChI is InChI=1S/C21H21N2O2/c1-22(19-8-10-20(25-2)11-9-19)21(24)23-14-12-18(13-15-23)16-17-6-4-3-5-7-17/h3-15H,16H2,1-2H3/q+1. The van der Waals surface area contributed by atoms with Gasteiger partial charge in [-0.3, -0.25) is 0 Å². The molecule has 25 heavy (non-hydrogen) atoms. The van der Waals surface area contributed by atoms with Crippen molar-refractivity contribution in [2.24, 2.45) is 0 Å². The molecular formula is C21H21N2O2+. The summed E-state index contributed by atoms with van der Waals surface area (Å²) in [5, 5.41) is 0. The van der Waals surface area contributed by atoms with Gasteiger partial charge in [0.2, 0.25) is 0 Å². The van der Waals surface area contributed by atoms with E-state index in [1.807, 2.05) is 54.6 Å². The van der Waals surface area contributed by atoms with E-state index >= 15 is 0 Å². The highest BCUT2D eigenvalue weighted by molar-refractivity contribution is 5.84. The lowest BCUT2D eigenvalue weighted by atomic mass is 10.1. The van der Waals surface area contributed by atoms with Gasteiger partial charge in [-0.1, -0.05) is 30.3 Å². The van der Waals surface area contributed by atoms with Gasteiger partial charge in [-0.15, -0.1) is 0 Å². The van der Waals surface area contributed by atoms with Crippen molar-refractivity contribution in [1.29, 1.82) is 0 Å². The predicted molar refractivity (Wildman–Crippen MR) is 98.1 cm³/mol. The number of aromatic nitrogens is 1. The maximum Gasteiger partial charge on any atom is 0.502 e. The third kappa shape index (κ3) is 4.04. The van der Waals surface area contributed by atoms with Gasteiger partial charge in [-0.2, -0.15) is 14.3 Å². The van der Waals surface area contributed by atoms with Gasteiger partial charge in [0.25, 0.3) is 0 Å². The minimum atomic E-state index is -0.114. The Labute approximate surface area is 147 Å². The van der Waals surface area contributed by atoms with Crippen molar-refractivity contribution < 1.29 is 14.1 Å². The van der Waals surface area contributed by atoms with Gasteiger partial charge >= 0.3 is 6.03 Å². The second-order valence-electron chi connectivity index (χ2n) is 5.82. The van der Waals surface area contributed by atoms with Crippen LogP contribution in [0.25, 0.3) is 0 Å². The first kappa shape index (κ1) is 16.7. The van der Waals surface area contributed by atoms with Gasteiger partial charge in [0.15, 0.2) is 0 Å². The van der Waals surface area contributed by atoms with Crippen molar-refractivity contribution >= 4 is 11.7 Å². The van der Waals surface area contributed by atoms with E-state index in [9.17, 15) is 4.79 Å². The summed E-state index contributed by atoms with van der Waals surface area (Å²) in [5.74, 6) is 0.766. The van der Waals surface area contributed by atoms with Crippen molar-refractivity contribution in [3.8, 4) is 5.75 Å². The zero-order chi connectivity index (χ0) is 17.6. The van der Waals surface area contributed by atoms with Crippen molar-refractivity contribution in [2.75, 3.05) is 19.1 Å². The first-order valence-corrected chi connectivity index (χ1v) is 8.13. The highest BCUT2D eigenvalue weighted by Crippen LogP contribution is 2.18. The molecule has 3 aromatic rings. The van der Waals surface area contributed by atoms with E-state index in [1.165, 1.54) is 11.1 Å². The summed E-state index contributed by atoms with van der Waals surface area (Å²) in [6, 6.07) is 21.5. The Morgan fingerprint density at radius 3 is 2.12 bits per heavy atom. The largest absolute Gasteiger partial charge is 0.502 e. The Balaban J connectivity index is 1.71. The number of hydrogen-bond donors (Lipinski definition) is 0. The van der Waals surface area contributed by atoms with Gasteiger partial charge in [0.05, 0.1) is 26.6 Å². The predicted octanol–water partition coefficient (Wildman–Crippen LogP) is 3.68. The number of hydrogen-bond acceptors (Lipinski definition) is 2. The average Bonchev–Trinajstić information content (AvgIpc) is 2.68. The summed E-state index contributed by atoms with van der Waals surface area (Å²) in [6.45, 7) is 0. The van der Waals surface area contributed by atoms with E-state index < -0.39 is 0 Å². The Bertz CT molecular complexity index is 828. The molecule has 0 saturated heterocycles. The number of carbonyl (C=O) groups is 1. The highest BCUT2D eigenvalue weighted by Gasteiger charge is 2.22. The Morgan fingerprint density at radius 1 is 0.920 bits per heavy atom. The van der Waals surface area contributed by atoms with Crippen LogP contribution in [0.1, 0.15) is 11.1 Å². The molecule has 2 aromatic carbocycles. The lowest BCUT2D eigenvalue weighted by molar-refractivity contribution is -0.569.